The molecule has 1 unspecified atom stereocenters. The molecule has 3 aromatic rings. The first-order chi connectivity index (χ1) is 11.3. The third-order valence-electron chi connectivity index (χ3n) is 4.00. The Morgan fingerprint density at radius 3 is 2.91 bits per heavy atom. The molecule has 1 saturated heterocycles. The van der Waals surface area contributed by atoms with Crippen molar-refractivity contribution in [2.24, 2.45) is 0 Å². The molecule has 1 N–H and O–H groups in total. The molecule has 1 aliphatic rings. The molecule has 23 heavy (non-hydrogen) atoms. The molecule has 0 aliphatic carbocycles. The van der Waals surface area contributed by atoms with E-state index in [1.165, 1.54) is 0 Å². The van der Waals surface area contributed by atoms with E-state index in [1.807, 2.05) is 30.3 Å². The Morgan fingerprint density at radius 2 is 2.17 bits per heavy atom. The number of hydrogen-bond donors (Lipinski definition) is 1. The smallest absolute Gasteiger partial charge is 0.263 e. The van der Waals surface area contributed by atoms with Crippen LogP contribution in [0.25, 0.3) is 5.65 Å². The molecular formula is C16H15N5O2. The highest BCUT2D eigenvalue weighted by molar-refractivity contribution is 5.97. The van der Waals surface area contributed by atoms with Gasteiger partial charge in [0.15, 0.2) is 11.2 Å². The van der Waals surface area contributed by atoms with E-state index in [1.54, 1.807) is 23.1 Å². The van der Waals surface area contributed by atoms with E-state index in [0.29, 0.717) is 18.7 Å². The Morgan fingerprint density at radius 1 is 1.30 bits per heavy atom. The summed E-state index contributed by atoms with van der Waals surface area (Å²) in [5.74, 6) is -0.00104. The Hall–Kier alpha value is -2.80. The Balaban J connectivity index is 1.66. The summed E-state index contributed by atoms with van der Waals surface area (Å²) in [7, 11) is 0. The number of fused-ring (bicyclic) bond motifs is 1. The van der Waals surface area contributed by atoms with Gasteiger partial charge in [-0.3, -0.25) is 15.1 Å². The summed E-state index contributed by atoms with van der Waals surface area (Å²) < 4.78 is 7.41. The van der Waals surface area contributed by atoms with Crippen LogP contribution in [0.5, 0.6) is 0 Å². The molecule has 116 valence electrons. The molecule has 3 heterocycles. The van der Waals surface area contributed by atoms with Gasteiger partial charge in [0.2, 0.25) is 5.95 Å². The van der Waals surface area contributed by atoms with Crippen LogP contribution in [0.15, 0.2) is 48.9 Å². The molecular weight excluding hydrogens is 294 g/mol. The number of aromatic nitrogens is 4. The monoisotopic (exact) mass is 309 g/mol. The number of nitrogens with zero attached hydrogens (tertiary/aromatic N) is 4. The summed E-state index contributed by atoms with van der Waals surface area (Å²) >= 11 is 0. The van der Waals surface area contributed by atoms with Gasteiger partial charge < -0.3 is 4.74 Å². The van der Waals surface area contributed by atoms with Gasteiger partial charge in [0.25, 0.3) is 5.91 Å². The molecule has 0 spiro atoms. The number of rotatable bonds is 3. The predicted octanol–water partition coefficient (Wildman–Crippen LogP) is 1.77. The lowest BCUT2D eigenvalue weighted by Gasteiger charge is -2.26. The Labute approximate surface area is 132 Å². The molecule has 2 aromatic heterocycles. The number of anilines is 1. The zero-order chi connectivity index (χ0) is 15.7. The number of benzene rings is 1. The van der Waals surface area contributed by atoms with Crippen molar-refractivity contribution >= 4 is 17.5 Å². The maximum absolute atomic E-state index is 12.9. The minimum absolute atomic E-state index is 0.244. The van der Waals surface area contributed by atoms with Crippen molar-refractivity contribution in [1.29, 1.82) is 0 Å². The fourth-order valence-electron chi connectivity index (χ4n) is 2.88. The summed E-state index contributed by atoms with van der Waals surface area (Å²) in [6, 6.07) is 9.54. The van der Waals surface area contributed by atoms with Gasteiger partial charge >= 0.3 is 0 Å². The van der Waals surface area contributed by atoms with Crippen molar-refractivity contribution in [2.45, 2.75) is 18.4 Å². The average Bonchev–Trinajstić information content (AvgIpc) is 3.23. The molecule has 0 saturated carbocycles. The molecule has 4 rings (SSSR count). The first-order valence-corrected chi connectivity index (χ1v) is 7.45. The zero-order valence-electron chi connectivity index (χ0n) is 12.3. The molecule has 0 bridgehead atoms. The molecule has 1 aromatic carbocycles. The van der Waals surface area contributed by atoms with E-state index in [2.05, 4.69) is 20.4 Å². The van der Waals surface area contributed by atoms with Crippen LogP contribution in [0.1, 0.15) is 18.4 Å². The molecule has 7 heteroatoms. The quantitative estimate of drug-likeness (QED) is 0.797. The van der Waals surface area contributed by atoms with Gasteiger partial charge in [-0.1, -0.05) is 30.3 Å². The summed E-state index contributed by atoms with van der Waals surface area (Å²) in [6.07, 6.45) is 6.35. The summed E-state index contributed by atoms with van der Waals surface area (Å²) in [5.41, 5.74) is 0.445. The minimum Gasteiger partial charge on any atom is -0.360 e. The maximum Gasteiger partial charge on any atom is 0.263 e. The summed E-state index contributed by atoms with van der Waals surface area (Å²) in [4.78, 5) is 21.1. The van der Waals surface area contributed by atoms with E-state index >= 15 is 0 Å². The van der Waals surface area contributed by atoms with Gasteiger partial charge in [-0.05, 0) is 18.4 Å². The molecule has 1 fully saturated rings. The van der Waals surface area contributed by atoms with Crippen LogP contribution in [0, 0.1) is 0 Å². The first kappa shape index (κ1) is 13.8. The second kappa shape index (κ2) is 5.44. The van der Waals surface area contributed by atoms with E-state index < -0.39 is 5.60 Å². The van der Waals surface area contributed by atoms with E-state index in [-0.39, 0.29) is 11.9 Å². The van der Waals surface area contributed by atoms with Crippen molar-refractivity contribution < 1.29 is 9.53 Å². The minimum atomic E-state index is -0.975. The summed E-state index contributed by atoms with van der Waals surface area (Å²) in [6.45, 7) is 0.560. The lowest BCUT2D eigenvalue weighted by molar-refractivity contribution is -0.136. The van der Waals surface area contributed by atoms with E-state index in [4.69, 9.17) is 4.74 Å². The number of carbonyl (C=O) groups excluding carboxylic acids is 1. The van der Waals surface area contributed by atoms with Crippen LogP contribution in [0.3, 0.4) is 0 Å². The first-order valence-electron chi connectivity index (χ1n) is 7.45. The van der Waals surface area contributed by atoms with Crippen LogP contribution >= 0.6 is 0 Å². The normalized spacial score (nSPS) is 20.7. The fourth-order valence-corrected chi connectivity index (χ4v) is 2.88. The Bertz CT molecular complexity index is 807. The highest BCUT2D eigenvalue weighted by Gasteiger charge is 2.44. The van der Waals surface area contributed by atoms with E-state index in [9.17, 15) is 4.79 Å². The lowest BCUT2D eigenvalue weighted by atomic mass is 9.90. The second-order valence-corrected chi connectivity index (χ2v) is 5.41. The van der Waals surface area contributed by atoms with Crippen molar-refractivity contribution in [3.8, 4) is 0 Å². The van der Waals surface area contributed by atoms with Crippen LogP contribution in [0.2, 0.25) is 0 Å². The predicted molar refractivity (Wildman–Crippen MR) is 82.7 cm³/mol. The van der Waals surface area contributed by atoms with Gasteiger partial charge in [0.1, 0.15) is 0 Å². The number of carbonyl (C=O) groups is 1. The SMILES string of the molecule is O=C(Nc1nc2cnccn2n1)C1(c2ccccc2)CCCO1. The molecule has 1 amide bonds. The molecule has 1 atom stereocenters. The number of hydrogen-bond acceptors (Lipinski definition) is 5. The topological polar surface area (TPSA) is 81.4 Å². The standard InChI is InChI=1S/C16H15N5O2/c22-14(19-15-18-13-11-17-8-9-21(13)20-15)16(7-4-10-23-16)12-5-2-1-3-6-12/h1-3,5-6,8-9,11H,4,7,10H2,(H,19,20,22). The molecule has 1 aliphatic heterocycles. The van der Waals surface area contributed by atoms with Gasteiger partial charge in [0, 0.05) is 19.0 Å². The van der Waals surface area contributed by atoms with Crippen molar-refractivity contribution in [1.82, 2.24) is 19.6 Å². The highest BCUT2D eigenvalue weighted by Crippen LogP contribution is 2.37. The summed E-state index contributed by atoms with van der Waals surface area (Å²) in [5, 5.41) is 7.00. The van der Waals surface area contributed by atoms with Crippen molar-refractivity contribution in [3.05, 3.63) is 54.5 Å². The number of nitrogens with one attached hydrogen (secondary N) is 1. The van der Waals surface area contributed by atoms with Crippen LogP contribution < -0.4 is 5.32 Å². The van der Waals surface area contributed by atoms with Crippen molar-refractivity contribution in [3.63, 3.8) is 0 Å². The van der Waals surface area contributed by atoms with Crippen LogP contribution in [-0.2, 0) is 15.1 Å². The third kappa shape index (κ3) is 2.35. The van der Waals surface area contributed by atoms with Gasteiger partial charge in [-0.15, -0.1) is 5.10 Å². The largest absolute Gasteiger partial charge is 0.360 e. The average molecular weight is 309 g/mol. The number of ether oxygens (including phenoxy) is 1. The van der Waals surface area contributed by atoms with Gasteiger partial charge in [0.05, 0.1) is 6.20 Å². The van der Waals surface area contributed by atoms with E-state index in [0.717, 1.165) is 12.0 Å². The zero-order valence-corrected chi connectivity index (χ0v) is 12.3. The highest BCUT2D eigenvalue weighted by atomic mass is 16.5. The lowest BCUT2D eigenvalue weighted by Crippen LogP contribution is -2.40. The fraction of sp³-hybridized carbons (Fsp3) is 0.250. The van der Waals surface area contributed by atoms with Gasteiger partial charge in [-0.2, -0.15) is 4.98 Å². The van der Waals surface area contributed by atoms with Gasteiger partial charge in [-0.25, -0.2) is 4.52 Å². The second-order valence-electron chi connectivity index (χ2n) is 5.41. The van der Waals surface area contributed by atoms with Crippen LogP contribution in [0.4, 0.5) is 5.95 Å². The maximum atomic E-state index is 12.9. The molecule has 0 radical (unpaired) electrons. The number of amides is 1. The molecule has 7 nitrogen and oxygen atoms in total. The van der Waals surface area contributed by atoms with Crippen LogP contribution in [-0.4, -0.2) is 32.1 Å². The third-order valence-corrected chi connectivity index (χ3v) is 4.00. The Kier molecular flexibility index (Phi) is 3.27. The van der Waals surface area contributed by atoms with Crippen molar-refractivity contribution in [2.75, 3.05) is 11.9 Å².